The first-order chi connectivity index (χ1) is 21.2. The molecule has 4 rings (SSSR count). The number of nitro groups is 1. The van der Waals surface area contributed by atoms with Crippen molar-refractivity contribution in [1.82, 2.24) is 10.3 Å². The van der Waals surface area contributed by atoms with E-state index in [4.69, 9.17) is 9.47 Å². The van der Waals surface area contributed by atoms with Gasteiger partial charge in [-0.1, -0.05) is 17.7 Å². The predicted molar refractivity (Wildman–Crippen MR) is 168 cm³/mol. The lowest BCUT2D eigenvalue weighted by molar-refractivity contribution is -0.384. The number of hydrogen-bond donors (Lipinski definition) is 2. The van der Waals surface area contributed by atoms with Crippen LogP contribution >= 0.6 is 22.1 Å². The first kappa shape index (κ1) is 34.1. The van der Waals surface area contributed by atoms with Crippen LogP contribution in [0.1, 0.15) is 56.8 Å². The van der Waals surface area contributed by atoms with E-state index in [0.717, 1.165) is 12.1 Å². The third kappa shape index (κ3) is 7.88. The number of aliphatic hydroxyl groups is 1. The minimum absolute atomic E-state index is 0.0531. The minimum atomic E-state index is -2.10. The van der Waals surface area contributed by atoms with Crippen LogP contribution < -0.4 is 10.1 Å². The summed E-state index contributed by atoms with van der Waals surface area (Å²) >= 11 is 1.29. The first-order valence-corrected chi connectivity index (χ1v) is 16.9. The van der Waals surface area contributed by atoms with Crippen molar-refractivity contribution in [3.8, 4) is 5.75 Å². The van der Waals surface area contributed by atoms with Crippen LogP contribution in [0.3, 0.4) is 0 Å². The maximum Gasteiger partial charge on any atom is 0.514 e. The molecule has 2 N–H and O–H groups in total. The Balaban J connectivity index is 1.65. The third-order valence-corrected chi connectivity index (χ3v) is 12.2. The Labute approximate surface area is 268 Å². The zero-order chi connectivity index (χ0) is 32.9. The van der Waals surface area contributed by atoms with Crippen LogP contribution in [0.2, 0.25) is 0 Å². The smallest absolute Gasteiger partial charge is 0.514 e. The normalized spacial score (nSPS) is 30.4. The van der Waals surface area contributed by atoms with Gasteiger partial charge < -0.3 is 24.4 Å². The number of amides is 1. The van der Waals surface area contributed by atoms with Crippen molar-refractivity contribution in [3.63, 3.8) is 0 Å². The molecule has 0 aliphatic carbocycles. The molecule has 238 valence electrons. The third-order valence-electron chi connectivity index (χ3n) is 7.24. The first-order valence-electron chi connectivity index (χ1n) is 13.5. The average molecular weight is 676 g/mol. The van der Waals surface area contributed by atoms with Crippen LogP contribution in [-0.2, 0) is 29.3 Å². The highest BCUT2D eigenvalue weighted by Gasteiger charge is 2.69. The Hall–Kier alpha value is -3.83. The largest absolute Gasteiger partial charge is 0.604 e. The van der Waals surface area contributed by atoms with Crippen LogP contribution in [0, 0.1) is 10.1 Å². The highest BCUT2D eigenvalue weighted by molar-refractivity contribution is 8.79. The second-order valence-corrected chi connectivity index (χ2v) is 14.6. The number of hydrogen-bond acceptors (Lipinski definition) is 13. The van der Waals surface area contributed by atoms with Crippen LogP contribution in [-0.4, -0.2) is 59.0 Å². The molecule has 2 aliphatic heterocycles. The summed E-state index contributed by atoms with van der Waals surface area (Å²) in [6, 6.07) is 4.16. The molecule has 5 atom stereocenters. The summed E-state index contributed by atoms with van der Waals surface area (Å²) in [6.45, 7) is 4.59. The Kier molecular flexibility index (Phi) is 10.7. The molecule has 45 heavy (non-hydrogen) atoms. The van der Waals surface area contributed by atoms with Gasteiger partial charge in [0.15, 0.2) is 33.0 Å². The van der Waals surface area contributed by atoms with E-state index < -0.39 is 67.0 Å². The van der Waals surface area contributed by atoms with Crippen molar-refractivity contribution >= 4 is 67.1 Å². The molecule has 3 heterocycles. The number of non-ortho nitro benzene ring substituents is 1. The van der Waals surface area contributed by atoms with Crippen molar-refractivity contribution in [2.45, 2.75) is 62.5 Å². The Morgan fingerprint density at radius 3 is 2.53 bits per heavy atom. The minimum Gasteiger partial charge on any atom is -0.604 e. The van der Waals surface area contributed by atoms with Crippen molar-refractivity contribution in [3.05, 3.63) is 80.3 Å². The van der Waals surface area contributed by atoms with Crippen molar-refractivity contribution in [2.24, 2.45) is 0 Å². The monoisotopic (exact) mass is 675 g/mol. The van der Waals surface area contributed by atoms with Gasteiger partial charge in [-0.25, -0.2) is 9.78 Å². The average Bonchev–Trinajstić information content (AvgIpc) is 3.51. The maximum atomic E-state index is 13.3. The second-order valence-electron chi connectivity index (χ2n) is 10.5. The molecular weight excluding hydrogens is 647 g/mol. The number of aromatic nitrogens is 1. The van der Waals surface area contributed by atoms with Crippen molar-refractivity contribution in [1.29, 1.82) is 0 Å². The van der Waals surface area contributed by atoms with Gasteiger partial charge in [0.2, 0.25) is 5.91 Å². The molecule has 1 aromatic heterocycles. The number of ketones is 1. The number of nitro benzene ring substituents is 1. The number of nitrogens with one attached hydrogen (secondary N) is 1. The van der Waals surface area contributed by atoms with Gasteiger partial charge in [-0.05, 0) is 57.6 Å². The van der Waals surface area contributed by atoms with Gasteiger partial charge in [0.1, 0.15) is 10.8 Å². The van der Waals surface area contributed by atoms with Crippen LogP contribution in [0.5, 0.6) is 5.75 Å². The number of nitrogens with zero attached hydrogens (tertiary/aromatic N) is 2. The molecule has 0 radical (unpaired) electrons. The molecule has 2 bridgehead atoms. The molecule has 2 aromatic rings. The van der Waals surface area contributed by atoms with Gasteiger partial charge in [-0.15, -0.1) is 11.3 Å². The number of fused-ring (bicyclic) bond motifs is 2. The van der Waals surface area contributed by atoms with E-state index in [1.54, 1.807) is 31.4 Å². The topological polar surface area (TPSA) is 198 Å². The number of allylic oxidation sites excluding steroid dienone is 3. The summed E-state index contributed by atoms with van der Waals surface area (Å²) in [5.41, 5.74) is -1.29. The molecule has 1 fully saturated rings. The summed E-state index contributed by atoms with van der Waals surface area (Å²) in [4.78, 5) is 66.4. The second kappa shape index (κ2) is 14.1. The standard InChI is InChI=1S/C29H29N3O10S3/c1-17-12-13-29(28(3,37)26(35)44-45(29)40)15-24(34)30-18(2)25-31-19(16-43-25)6-4-5-7-22(33)23(14-17)42-27(36)41-21-10-8-20(9-11-21)32(38)39/h4-11,14,16,18,23,37H,12-13,15H2,1-3H3,(H,30,34)/b6-4-,7-5+,17-14+/t18?,23?,28-,29+,45?/m0/s1. The summed E-state index contributed by atoms with van der Waals surface area (Å²) in [6.07, 6.45) is 4.02. The molecule has 2 aliphatic rings. The molecule has 16 heteroatoms. The number of carbonyl (C=O) groups excluding carboxylic acids is 4. The van der Waals surface area contributed by atoms with Crippen LogP contribution in [0.25, 0.3) is 6.08 Å². The number of ether oxygens (including phenoxy) is 2. The van der Waals surface area contributed by atoms with Crippen molar-refractivity contribution < 1.29 is 43.2 Å². The van der Waals surface area contributed by atoms with E-state index in [2.05, 4.69) is 10.3 Å². The summed E-state index contributed by atoms with van der Waals surface area (Å²) in [5.74, 6) is -1.22. The number of thiazole rings is 1. The van der Waals surface area contributed by atoms with Gasteiger partial charge in [0, 0.05) is 34.1 Å². The predicted octanol–water partition coefficient (Wildman–Crippen LogP) is 4.51. The van der Waals surface area contributed by atoms with E-state index in [0.29, 0.717) is 27.1 Å². The molecule has 0 saturated carbocycles. The Morgan fingerprint density at radius 1 is 1.20 bits per heavy atom. The summed E-state index contributed by atoms with van der Waals surface area (Å²) in [7, 11) is -1.51. The summed E-state index contributed by atoms with van der Waals surface area (Å²) < 4.78 is 22.1. The van der Waals surface area contributed by atoms with Crippen LogP contribution in [0.15, 0.2) is 59.5 Å². The highest BCUT2D eigenvalue weighted by Crippen LogP contribution is 2.53. The van der Waals surface area contributed by atoms with Gasteiger partial charge in [-0.2, -0.15) is 0 Å². The quantitative estimate of drug-likeness (QED) is 0.0879. The van der Waals surface area contributed by atoms with E-state index in [1.807, 2.05) is 0 Å². The molecule has 13 nitrogen and oxygen atoms in total. The molecule has 1 amide bonds. The lowest BCUT2D eigenvalue weighted by Gasteiger charge is -2.35. The van der Waals surface area contributed by atoms with Gasteiger partial charge in [0.25, 0.3) is 10.8 Å². The van der Waals surface area contributed by atoms with Crippen molar-refractivity contribution in [2.75, 3.05) is 0 Å². The van der Waals surface area contributed by atoms with E-state index in [-0.39, 0.29) is 24.3 Å². The molecule has 1 saturated heterocycles. The zero-order valence-corrected chi connectivity index (χ0v) is 26.7. The maximum absolute atomic E-state index is 13.3. The molecular formula is C29H29N3O10S3. The van der Waals surface area contributed by atoms with E-state index in [1.165, 1.54) is 48.6 Å². The number of rotatable bonds is 3. The lowest BCUT2D eigenvalue weighted by Crippen LogP contribution is -2.56. The Morgan fingerprint density at radius 2 is 1.89 bits per heavy atom. The van der Waals surface area contributed by atoms with Crippen LogP contribution in [0.4, 0.5) is 10.5 Å². The lowest BCUT2D eigenvalue weighted by atomic mass is 9.81. The zero-order valence-electron chi connectivity index (χ0n) is 24.3. The van der Waals surface area contributed by atoms with Gasteiger partial charge >= 0.3 is 6.16 Å². The fourth-order valence-electron chi connectivity index (χ4n) is 4.59. The molecule has 1 aromatic carbocycles. The number of benzene rings is 1. The molecule has 1 spiro atoms. The number of carbonyl (C=O) groups is 4. The van der Waals surface area contributed by atoms with E-state index >= 15 is 0 Å². The highest BCUT2D eigenvalue weighted by atomic mass is 33.1. The van der Waals surface area contributed by atoms with Gasteiger partial charge in [0.05, 0.1) is 23.1 Å². The van der Waals surface area contributed by atoms with E-state index in [9.17, 15) is 39.0 Å². The summed E-state index contributed by atoms with van der Waals surface area (Å²) in [5, 5.41) is 26.6. The Bertz CT molecular complexity index is 1580. The SMILES string of the molecule is C/C1=C\C(OC(=O)Oc2ccc([N+](=O)[O-])cc2)C(=O)/C=C/C=C\c2csc(n2)C(C)NC(=O)C[C@@]2(CC1)[S+]([O-])SC(=O)[C@]2(C)O. The van der Waals surface area contributed by atoms with Gasteiger partial charge in [-0.3, -0.25) is 24.5 Å². The fourth-order valence-corrected chi connectivity index (χ4v) is 9.33. The molecule has 3 unspecified atom stereocenters. The fraction of sp³-hybridized carbons (Fsp3) is 0.345.